The number of rotatable bonds is 5. The standard InChI is InChI=1S/C28H30N6O3/c1-28-13-3-2-4-19(28)14-22(37-28)27(36)30-15-17-5-7-18(8-6-17)24-23-25(29)31-16-32-26(23)34(33-24)20-9-11-21(35)12-10-20/h2-8,13-14,16,19-21,35H,9-12,15H2,1H3,(H,30,36)(H2,29,31,32). The molecule has 0 saturated heterocycles. The van der Waals surface area contributed by atoms with E-state index in [1.165, 1.54) is 6.33 Å². The Morgan fingerprint density at radius 1 is 1.19 bits per heavy atom. The maximum Gasteiger partial charge on any atom is 0.286 e. The molecule has 3 aromatic rings. The smallest absolute Gasteiger partial charge is 0.286 e. The number of nitrogens with zero attached hydrogens (tertiary/aromatic N) is 4. The highest BCUT2D eigenvalue weighted by atomic mass is 16.5. The predicted molar refractivity (Wildman–Crippen MR) is 140 cm³/mol. The number of benzene rings is 1. The van der Waals surface area contributed by atoms with E-state index in [1.54, 1.807) is 0 Å². The number of ether oxygens (including phenoxy) is 1. The quantitative estimate of drug-likeness (QED) is 0.490. The van der Waals surface area contributed by atoms with Crippen molar-refractivity contribution >= 4 is 22.8 Å². The average molecular weight is 499 g/mol. The number of carbonyl (C=O) groups is 1. The van der Waals surface area contributed by atoms with E-state index in [-0.39, 0.29) is 24.0 Å². The lowest BCUT2D eigenvalue weighted by Crippen LogP contribution is -2.32. The van der Waals surface area contributed by atoms with Gasteiger partial charge >= 0.3 is 0 Å². The Labute approximate surface area is 214 Å². The molecule has 2 aromatic heterocycles. The van der Waals surface area contributed by atoms with Crippen molar-refractivity contribution in [2.45, 2.75) is 56.9 Å². The zero-order chi connectivity index (χ0) is 25.6. The van der Waals surface area contributed by atoms with Gasteiger partial charge in [0.2, 0.25) is 0 Å². The summed E-state index contributed by atoms with van der Waals surface area (Å²) in [6.45, 7) is 2.35. The lowest BCUT2D eigenvalue weighted by Gasteiger charge is -2.27. The molecule has 6 rings (SSSR count). The average Bonchev–Trinajstić information content (AvgIpc) is 3.47. The van der Waals surface area contributed by atoms with Gasteiger partial charge in [-0.3, -0.25) is 4.79 Å². The van der Waals surface area contributed by atoms with Gasteiger partial charge in [0.15, 0.2) is 11.4 Å². The minimum atomic E-state index is -0.502. The van der Waals surface area contributed by atoms with E-state index in [0.717, 1.165) is 47.9 Å². The molecule has 3 aliphatic rings. The number of aromatic nitrogens is 4. The van der Waals surface area contributed by atoms with Gasteiger partial charge in [0.05, 0.1) is 17.5 Å². The van der Waals surface area contributed by atoms with E-state index in [4.69, 9.17) is 15.6 Å². The fourth-order valence-corrected chi connectivity index (χ4v) is 5.42. The number of aliphatic hydroxyl groups is 1. The molecule has 1 amide bonds. The van der Waals surface area contributed by atoms with Gasteiger partial charge in [-0.1, -0.05) is 42.5 Å². The summed E-state index contributed by atoms with van der Waals surface area (Å²) < 4.78 is 7.90. The summed E-state index contributed by atoms with van der Waals surface area (Å²) in [6.07, 6.45) is 14.2. The van der Waals surface area contributed by atoms with Crippen molar-refractivity contribution in [3.8, 4) is 11.3 Å². The lowest BCUT2D eigenvalue weighted by atomic mass is 9.87. The summed E-state index contributed by atoms with van der Waals surface area (Å²) in [7, 11) is 0. The largest absolute Gasteiger partial charge is 0.477 e. The number of anilines is 1. The van der Waals surface area contributed by atoms with E-state index in [9.17, 15) is 9.90 Å². The van der Waals surface area contributed by atoms with Gasteiger partial charge in [0.25, 0.3) is 5.91 Å². The lowest BCUT2D eigenvalue weighted by molar-refractivity contribution is -0.122. The van der Waals surface area contributed by atoms with Gasteiger partial charge in [-0.2, -0.15) is 5.10 Å². The predicted octanol–water partition coefficient (Wildman–Crippen LogP) is 3.58. The van der Waals surface area contributed by atoms with E-state index < -0.39 is 5.60 Å². The molecule has 0 radical (unpaired) electrons. The first-order valence-electron chi connectivity index (χ1n) is 12.7. The number of hydrogen-bond acceptors (Lipinski definition) is 7. The van der Waals surface area contributed by atoms with Gasteiger partial charge < -0.3 is 20.9 Å². The first kappa shape index (κ1) is 23.4. The van der Waals surface area contributed by atoms with Crippen molar-refractivity contribution in [3.63, 3.8) is 0 Å². The van der Waals surface area contributed by atoms with Crippen molar-refractivity contribution in [2.24, 2.45) is 5.92 Å². The number of allylic oxidation sites excluding steroid dienone is 2. The number of hydrogen-bond donors (Lipinski definition) is 3. The highest BCUT2D eigenvalue weighted by Gasteiger charge is 2.40. The van der Waals surface area contributed by atoms with Crippen LogP contribution >= 0.6 is 0 Å². The fourth-order valence-electron chi connectivity index (χ4n) is 5.42. The Bertz CT molecular complexity index is 1430. The van der Waals surface area contributed by atoms with Crippen LogP contribution in [0.25, 0.3) is 22.3 Å². The summed E-state index contributed by atoms with van der Waals surface area (Å²) in [6, 6.07) is 8.04. The Morgan fingerprint density at radius 2 is 1.97 bits per heavy atom. The second-order valence-corrected chi connectivity index (χ2v) is 10.2. The van der Waals surface area contributed by atoms with Crippen LogP contribution in [0.15, 0.2) is 66.7 Å². The molecule has 0 bridgehead atoms. The third-order valence-electron chi connectivity index (χ3n) is 7.61. The molecule has 3 heterocycles. The molecule has 2 aliphatic carbocycles. The zero-order valence-electron chi connectivity index (χ0n) is 20.7. The monoisotopic (exact) mass is 498 g/mol. The topological polar surface area (TPSA) is 128 Å². The number of carbonyl (C=O) groups excluding carboxylic acids is 1. The van der Waals surface area contributed by atoms with Crippen molar-refractivity contribution < 1.29 is 14.6 Å². The van der Waals surface area contributed by atoms with Gasteiger partial charge in [-0.15, -0.1) is 0 Å². The molecule has 2 atom stereocenters. The molecule has 1 fully saturated rings. The normalized spacial score (nSPS) is 26.5. The highest BCUT2D eigenvalue weighted by molar-refractivity contribution is 5.98. The Hall–Kier alpha value is -3.98. The summed E-state index contributed by atoms with van der Waals surface area (Å²) in [5.41, 5.74) is 9.06. The van der Waals surface area contributed by atoms with Crippen LogP contribution in [-0.4, -0.2) is 42.5 Å². The molecule has 190 valence electrons. The van der Waals surface area contributed by atoms with Crippen molar-refractivity contribution in [2.75, 3.05) is 5.73 Å². The number of amides is 1. The summed E-state index contributed by atoms with van der Waals surface area (Å²) >= 11 is 0. The van der Waals surface area contributed by atoms with Crippen LogP contribution in [0.2, 0.25) is 0 Å². The van der Waals surface area contributed by atoms with Crippen LogP contribution in [0.4, 0.5) is 5.82 Å². The minimum Gasteiger partial charge on any atom is -0.477 e. The summed E-state index contributed by atoms with van der Waals surface area (Å²) in [5, 5.41) is 18.5. The number of nitrogens with one attached hydrogen (secondary N) is 1. The molecule has 1 aliphatic heterocycles. The van der Waals surface area contributed by atoms with Gasteiger partial charge in [0.1, 0.15) is 23.4 Å². The second-order valence-electron chi connectivity index (χ2n) is 10.2. The molecule has 37 heavy (non-hydrogen) atoms. The highest BCUT2D eigenvalue weighted by Crippen LogP contribution is 2.38. The van der Waals surface area contributed by atoms with E-state index >= 15 is 0 Å². The summed E-state index contributed by atoms with van der Waals surface area (Å²) in [5.74, 6) is 0.571. The minimum absolute atomic E-state index is 0.0576. The molecule has 9 heteroatoms. The number of nitrogen functional groups attached to an aromatic ring is 1. The molecule has 1 saturated carbocycles. The molecule has 9 nitrogen and oxygen atoms in total. The Morgan fingerprint density at radius 3 is 2.73 bits per heavy atom. The third-order valence-corrected chi connectivity index (χ3v) is 7.61. The van der Waals surface area contributed by atoms with Crippen LogP contribution in [0.3, 0.4) is 0 Å². The number of fused-ring (bicyclic) bond motifs is 2. The van der Waals surface area contributed by atoms with Gasteiger partial charge in [0, 0.05) is 18.0 Å². The van der Waals surface area contributed by atoms with Crippen LogP contribution < -0.4 is 11.1 Å². The van der Waals surface area contributed by atoms with E-state index in [0.29, 0.717) is 23.8 Å². The van der Waals surface area contributed by atoms with Gasteiger partial charge in [-0.05, 0) is 50.3 Å². The molecule has 1 aromatic carbocycles. The molecule has 2 unspecified atom stereocenters. The molecule has 4 N–H and O–H groups in total. The first-order valence-corrected chi connectivity index (χ1v) is 12.7. The van der Waals surface area contributed by atoms with Crippen molar-refractivity contribution in [3.05, 3.63) is 72.3 Å². The molecule has 0 spiro atoms. The fraction of sp³-hybridized carbons (Fsp3) is 0.357. The van der Waals surface area contributed by atoms with Crippen LogP contribution in [0, 0.1) is 5.92 Å². The van der Waals surface area contributed by atoms with Crippen LogP contribution in [0.1, 0.15) is 44.2 Å². The van der Waals surface area contributed by atoms with Crippen LogP contribution in [0.5, 0.6) is 0 Å². The maximum atomic E-state index is 12.7. The molecular weight excluding hydrogens is 468 g/mol. The van der Waals surface area contributed by atoms with Gasteiger partial charge in [-0.25, -0.2) is 14.6 Å². The number of aliphatic hydroxyl groups excluding tert-OH is 1. The molecular formula is C28H30N6O3. The zero-order valence-corrected chi connectivity index (χ0v) is 20.7. The van der Waals surface area contributed by atoms with Crippen molar-refractivity contribution in [1.82, 2.24) is 25.1 Å². The van der Waals surface area contributed by atoms with Crippen LogP contribution in [-0.2, 0) is 16.1 Å². The Kier molecular flexibility index (Phi) is 5.79. The van der Waals surface area contributed by atoms with Crippen molar-refractivity contribution in [1.29, 1.82) is 0 Å². The van der Waals surface area contributed by atoms with E-state index in [1.807, 2.05) is 66.3 Å². The Balaban J connectivity index is 1.19. The second kappa shape index (κ2) is 9.15. The maximum absolute atomic E-state index is 12.7. The number of nitrogens with two attached hydrogens (primary N) is 1. The third kappa shape index (κ3) is 4.29. The van der Waals surface area contributed by atoms with E-state index in [2.05, 4.69) is 15.3 Å². The SMILES string of the molecule is CC12C=CC=CC1C=C(C(=O)NCc1ccc(-c3nn(C4CCC(O)CC4)c4ncnc(N)c34)cc1)O2. The summed E-state index contributed by atoms with van der Waals surface area (Å²) in [4.78, 5) is 21.4. The first-order chi connectivity index (χ1) is 17.9.